The number of likely N-dealkylation sites (tertiary alicyclic amines) is 1. The highest BCUT2D eigenvalue weighted by atomic mass is 19.2. The Bertz CT molecular complexity index is 740. The SMILES string of the molecule is COCCn1ccnc1C1CCN(C(=O)c2ccc(F)c(F)c2)CC1. The fourth-order valence-electron chi connectivity index (χ4n) is 3.21. The van der Waals surface area contributed by atoms with Crippen LogP contribution in [0.5, 0.6) is 0 Å². The first-order valence-electron chi connectivity index (χ1n) is 8.34. The molecule has 2 aromatic rings. The molecule has 0 unspecified atom stereocenters. The van der Waals surface area contributed by atoms with Crippen molar-refractivity contribution in [2.45, 2.75) is 25.3 Å². The largest absolute Gasteiger partial charge is 0.383 e. The lowest BCUT2D eigenvalue weighted by atomic mass is 9.95. The Morgan fingerprint density at radius 1 is 1.28 bits per heavy atom. The molecule has 1 fully saturated rings. The standard InChI is InChI=1S/C18H21F2N3O2/c1-25-11-10-22-9-6-21-17(22)13-4-7-23(8-5-13)18(24)14-2-3-15(19)16(20)12-14/h2-3,6,9,12-13H,4-5,7-8,10-11H2,1H3. The first kappa shape index (κ1) is 17.5. The molecule has 25 heavy (non-hydrogen) atoms. The molecule has 0 aliphatic carbocycles. The average molecular weight is 349 g/mol. The third-order valence-electron chi connectivity index (χ3n) is 4.60. The van der Waals surface area contributed by atoms with Gasteiger partial charge in [0.25, 0.3) is 5.91 Å². The van der Waals surface area contributed by atoms with E-state index in [1.165, 1.54) is 6.07 Å². The second-order valence-electron chi connectivity index (χ2n) is 6.17. The maximum absolute atomic E-state index is 13.3. The van der Waals surface area contributed by atoms with Crippen molar-refractivity contribution in [1.82, 2.24) is 14.5 Å². The summed E-state index contributed by atoms with van der Waals surface area (Å²) in [5.74, 6) is -0.919. The topological polar surface area (TPSA) is 47.4 Å². The second kappa shape index (κ2) is 7.74. The molecule has 3 rings (SSSR count). The maximum Gasteiger partial charge on any atom is 0.253 e. The van der Waals surface area contributed by atoms with Crippen LogP contribution in [0.25, 0.3) is 0 Å². The molecule has 1 aromatic carbocycles. The van der Waals surface area contributed by atoms with Crippen molar-refractivity contribution < 1.29 is 18.3 Å². The molecule has 5 nitrogen and oxygen atoms in total. The first-order valence-corrected chi connectivity index (χ1v) is 8.34. The second-order valence-corrected chi connectivity index (χ2v) is 6.17. The Kier molecular flexibility index (Phi) is 5.43. The molecule has 1 aromatic heterocycles. The maximum atomic E-state index is 13.3. The fraction of sp³-hybridized carbons (Fsp3) is 0.444. The monoisotopic (exact) mass is 349 g/mol. The average Bonchev–Trinajstić information content (AvgIpc) is 3.10. The zero-order valence-corrected chi connectivity index (χ0v) is 14.1. The Hall–Kier alpha value is -2.28. The normalized spacial score (nSPS) is 15.6. The molecule has 134 valence electrons. The summed E-state index contributed by atoms with van der Waals surface area (Å²) in [5, 5.41) is 0. The number of nitrogens with zero attached hydrogens (tertiary/aromatic N) is 3. The highest BCUT2D eigenvalue weighted by molar-refractivity contribution is 5.94. The third kappa shape index (κ3) is 3.87. The van der Waals surface area contributed by atoms with E-state index < -0.39 is 11.6 Å². The van der Waals surface area contributed by atoms with Gasteiger partial charge in [0.1, 0.15) is 5.82 Å². The van der Waals surface area contributed by atoms with Crippen LogP contribution in [0, 0.1) is 11.6 Å². The predicted molar refractivity (Wildman–Crippen MR) is 88.3 cm³/mol. The number of carbonyl (C=O) groups is 1. The number of amides is 1. The van der Waals surface area contributed by atoms with Crippen molar-refractivity contribution in [2.24, 2.45) is 0 Å². The molecule has 0 spiro atoms. The number of hydrogen-bond acceptors (Lipinski definition) is 3. The van der Waals surface area contributed by atoms with Gasteiger partial charge in [-0.3, -0.25) is 4.79 Å². The minimum atomic E-state index is -0.999. The quantitative estimate of drug-likeness (QED) is 0.834. The van der Waals surface area contributed by atoms with Gasteiger partial charge in [-0.05, 0) is 31.0 Å². The Balaban J connectivity index is 1.62. The van der Waals surface area contributed by atoms with Gasteiger partial charge < -0.3 is 14.2 Å². The van der Waals surface area contributed by atoms with Crippen LogP contribution in [-0.2, 0) is 11.3 Å². The van der Waals surface area contributed by atoms with E-state index >= 15 is 0 Å². The van der Waals surface area contributed by atoms with Gasteiger partial charge in [0.15, 0.2) is 11.6 Å². The van der Waals surface area contributed by atoms with Crippen molar-refractivity contribution in [1.29, 1.82) is 0 Å². The fourth-order valence-corrected chi connectivity index (χ4v) is 3.21. The number of methoxy groups -OCH3 is 1. The number of hydrogen-bond donors (Lipinski definition) is 0. The van der Waals surface area contributed by atoms with Gasteiger partial charge in [-0.1, -0.05) is 0 Å². The number of halogens is 2. The lowest BCUT2D eigenvalue weighted by Gasteiger charge is -2.32. The minimum absolute atomic E-state index is 0.180. The molecular formula is C18H21F2N3O2. The van der Waals surface area contributed by atoms with Gasteiger partial charge >= 0.3 is 0 Å². The summed E-state index contributed by atoms with van der Waals surface area (Å²) >= 11 is 0. The van der Waals surface area contributed by atoms with Gasteiger partial charge in [-0.2, -0.15) is 0 Å². The van der Waals surface area contributed by atoms with Crippen molar-refractivity contribution in [3.05, 3.63) is 53.6 Å². The van der Waals surface area contributed by atoms with Crippen LogP contribution < -0.4 is 0 Å². The Morgan fingerprint density at radius 2 is 2.04 bits per heavy atom. The molecule has 0 N–H and O–H groups in total. The summed E-state index contributed by atoms with van der Waals surface area (Å²) in [6.07, 6.45) is 5.30. The van der Waals surface area contributed by atoms with E-state index in [0.29, 0.717) is 19.7 Å². The summed E-state index contributed by atoms with van der Waals surface area (Å²) in [4.78, 5) is 18.6. The molecule has 2 heterocycles. The molecule has 1 amide bonds. The third-order valence-corrected chi connectivity index (χ3v) is 4.60. The van der Waals surface area contributed by atoms with Crippen LogP contribution in [0.15, 0.2) is 30.6 Å². The summed E-state index contributed by atoms with van der Waals surface area (Å²) < 4.78 is 33.6. The van der Waals surface area contributed by atoms with Crippen LogP contribution in [-0.4, -0.2) is 47.2 Å². The highest BCUT2D eigenvalue weighted by Gasteiger charge is 2.27. The van der Waals surface area contributed by atoms with Gasteiger partial charge in [-0.25, -0.2) is 13.8 Å². The number of piperidine rings is 1. The summed E-state index contributed by atoms with van der Waals surface area (Å²) in [6.45, 7) is 2.51. The molecule has 1 aliphatic heterocycles. The van der Waals surface area contributed by atoms with Gasteiger partial charge in [0.05, 0.1) is 6.61 Å². The van der Waals surface area contributed by atoms with Crippen LogP contribution in [0.3, 0.4) is 0 Å². The van der Waals surface area contributed by atoms with E-state index in [1.54, 1.807) is 18.2 Å². The van der Waals surface area contributed by atoms with Crippen LogP contribution in [0.2, 0.25) is 0 Å². The lowest BCUT2D eigenvalue weighted by Crippen LogP contribution is -2.38. The van der Waals surface area contributed by atoms with Gasteiger partial charge in [-0.15, -0.1) is 0 Å². The molecule has 0 atom stereocenters. The number of ether oxygens (including phenoxy) is 1. The van der Waals surface area contributed by atoms with E-state index in [9.17, 15) is 13.6 Å². The van der Waals surface area contributed by atoms with E-state index in [4.69, 9.17) is 4.74 Å². The summed E-state index contributed by atoms with van der Waals surface area (Å²) in [5.41, 5.74) is 0.180. The Labute approximate surface area is 145 Å². The highest BCUT2D eigenvalue weighted by Crippen LogP contribution is 2.27. The number of imidazole rings is 1. The number of aromatic nitrogens is 2. The van der Waals surface area contributed by atoms with Crippen molar-refractivity contribution in [2.75, 3.05) is 26.8 Å². The van der Waals surface area contributed by atoms with Crippen molar-refractivity contribution >= 4 is 5.91 Å². The smallest absolute Gasteiger partial charge is 0.253 e. The number of benzene rings is 1. The Morgan fingerprint density at radius 3 is 2.72 bits per heavy atom. The molecule has 0 radical (unpaired) electrons. The van der Waals surface area contributed by atoms with Crippen LogP contribution in [0.1, 0.15) is 34.9 Å². The number of rotatable bonds is 5. The number of carbonyl (C=O) groups excluding carboxylic acids is 1. The molecule has 0 bridgehead atoms. The zero-order valence-electron chi connectivity index (χ0n) is 14.1. The first-order chi connectivity index (χ1) is 12.1. The van der Waals surface area contributed by atoms with Crippen molar-refractivity contribution in [3.8, 4) is 0 Å². The van der Waals surface area contributed by atoms with Crippen LogP contribution in [0.4, 0.5) is 8.78 Å². The molecule has 0 saturated carbocycles. The van der Waals surface area contributed by atoms with E-state index in [2.05, 4.69) is 9.55 Å². The summed E-state index contributed by atoms with van der Waals surface area (Å²) in [7, 11) is 1.67. The van der Waals surface area contributed by atoms with E-state index in [1.807, 2.05) is 6.20 Å². The lowest BCUT2D eigenvalue weighted by molar-refractivity contribution is 0.0709. The van der Waals surface area contributed by atoms with E-state index in [-0.39, 0.29) is 17.4 Å². The molecule has 1 saturated heterocycles. The van der Waals surface area contributed by atoms with Gasteiger partial charge in [0, 0.05) is 50.6 Å². The summed E-state index contributed by atoms with van der Waals surface area (Å²) in [6, 6.07) is 3.27. The van der Waals surface area contributed by atoms with Crippen LogP contribution >= 0.6 is 0 Å². The predicted octanol–water partition coefficient (Wildman–Crippen LogP) is 2.83. The minimum Gasteiger partial charge on any atom is -0.383 e. The van der Waals surface area contributed by atoms with E-state index in [0.717, 1.165) is 37.3 Å². The molecule has 1 aliphatic rings. The van der Waals surface area contributed by atoms with Crippen molar-refractivity contribution in [3.63, 3.8) is 0 Å². The van der Waals surface area contributed by atoms with Gasteiger partial charge in [0.2, 0.25) is 0 Å². The molecular weight excluding hydrogens is 328 g/mol. The zero-order chi connectivity index (χ0) is 17.8. The molecule has 7 heteroatoms.